The Balaban J connectivity index is 1.59. The first kappa shape index (κ1) is 15.0. The fourth-order valence-corrected chi connectivity index (χ4v) is 3.60. The van der Waals surface area contributed by atoms with Gasteiger partial charge in [0.1, 0.15) is 12.4 Å². The van der Waals surface area contributed by atoms with E-state index >= 15 is 0 Å². The zero-order valence-electron chi connectivity index (χ0n) is 13.3. The fraction of sp³-hybridized carbons (Fsp3) is 0.875. The zero-order valence-corrected chi connectivity index (χ0v) is 13.3. The normalized spacial score (nSPS) is 23.6. The summed E-state index contributed by atoms with van der Waals surface area (Å²) in [5.41, 5.74) is 0. The van der Waals surface area contributed by atoms with E-state index in [0.717, 1.165) is 30.5 Å². The van der Waals surface area contributed by atoms with Crippen LogP contribution in [0.1, 0.15) is 57.1 Å². The van der Waals surface area contributed by atoms with E-state index in [1.165, 1.54) is 38.5 Å². The van der Waals surface area contributed by atoms with Crippen LogP contribution < -0.4 is 5.32 Å². The standard InChI is InChI=1S/C16H28N4O/c1-3-5-14(12-6-4-7-12)17-13-8-9-16-18-15(11-21-2)19-20(16)10-13/h12-14,17H,3-11H2,1-2H3. The van der Waals surface area contributed by atoms with E-state index in [0.29, 0.717) is 18.7 Å². The minimum Gasteiger partial charge on any atom is -0.377 e. The van der Waals surface area contributed by atoms with E-state index in [1.54, 1.807) is 7.11 Å². The minimum atomic E-state index is 0.513. The van der Waals surface area contributed by atoms with Gasteiger partial charge in [-0.2, -0.15) is 5.10 Å². The fourth-order valence-electron chi connectivity index (χ4n) is 3.60. The van der Waals surface area contributed by atoms with E-state index in [2.05, 4.69) is 27.0 Å². The SMILES string of the molecule is CCCC(NC1CCc2nc(COC)nn2C1)C1CCC1. The second-order valence-corrected chi connectivity index (χ2v) is 6.55. The van der Waals surface area contributed by atoms with Crippen LogP contribution in [0, 0.1) is 5.92 Å². The van der Waals surface area contributed by atoms with Crippen molar-refractivity contribution in [3.05, 3.63) is 11.6 Å². The lowest BCUT2D eigenvalue weighted by Gasteiger charge is -2.37. The molecule has 2 atom stereocenters. The van der Waals surface area contributed by atoms with Crippen LogP contribution in [0.2, 0.25) is 0 Å². The van der Waals surface area contributed by atoms with E-state index in [1.807, 2.05) is 0 Å². The van der Waals surface area contributed by atoms with Crippen molar-refractivity contribution in [3.63, 3.8) is 0 Å². The molecule has 0 saturated heterocycles. The molecule has 1 aromatic heterocycles. The van der Waals surface area contributed by atoms with Crippen LogP contribution >= 0.6 is 0 Å². The number of nitrogens with zero attached hydrogens (tertiary/aromatic N) is 3. The molecule has 21 heavy (non-hydrogen) atoms. The monoisotopic (exact) mass is 292 g/mol. The van der Waals surface area contributed by atoms with Crippen LogP contribution in [-0.2, 0) is 24.3 Å². The number of hydrogen-bond donors (Lipinski definition) is 1. The van der Waals surface area contributed by atoms with Gasteiger partial charge in [0.2, 0.25) is 0 Å². The average Bonchev–Trinajstić information content (AvgIpc) is 2.79. The quantitative estimate of drug-likeness (QED) is 0.838. The summed E-state index contributed by atoms with van der Waals surface area (Å²) in [6, 6.07) is 1.25. The zero-order chi connectivity index (χ0) is 14.7. The number of ether oxygens (including phenoxy) is 1. The Bertz CT molecular complexity index is 455. The van der Waals surface area contributed by atoms with Crippen LogP contribution in [0.25, 0.3) is 0 Å². The highest BCUT2D eigenvalue weighted by Crippen LogP contribution is 2.32. The molecule has 118 valence electrons. The Labute approximate surface area is 127 Å². The van der Waals surface area contributed by atoms with Gasteiger partial charge < -0.3 is 10.1 Å². The highest BCUT2D eigenvalue weighted by molar-refractivity contribution is 4.98. The van der Waals surface area contributed by atoms with E-state index < -0.39 is 0 Å². The third kappa shape index (κ3) is 3.46. The molecule has 5 heteroatoms. The van der Waals surface area contributed by atoms with Gasteiger partial charge >= 0.3 is 0 Å². The first-order chi connectivity index (χ1) is 10.3. The lowest BCUT2D eigenvalue weighted by atomic mass is 9.78. The summed E-state index contributed by atoms with van der Waals surface area (Å²) < 4.78 is 7.21. The van der Waals surface area contributed by atoms with E-state index in [4.69, 9.17) is 4.74 Å². The molecule has 3 rings (SSSR count). The van der Waals surface area contributed by atoms with Gasteiger partial charge in [-0.3, -0.25) is 0 Å². The molecular formula is C16H28N4O. The summed E-state index contributed by atoms with van der Waals surface area (Å²) in [5, 5.41) is 8.48. The molecule has 0 bridgehead atoms. The molecule has 2 unspecified atom stereocenters. The predicted octanol–water partition coefficient (Wildman–Crippen LogP) is 2.30. The summed E-state index contributed by atoms with van der Waals surface area (Å²) in [6.07, 6.45) is 9.03. The lowest BCUT2D eigenvalue weighted by Crippen LogP contribution is -2.48. The molecule has 1 aromatic rings. The van der Waals surface area contributed by atoms with Crippen LogP contribution in [0.5, 0.6) is 0 Å². The predicted molar refractivity (Wildman–Crippen MR) is 82.0 cm³/mol. The van der Waals surface area contributed by atoms with Crippen molar-refractivity contribution >= 4 is 0 Å². The number of rotatable bonds is 7. The average molecular weight is 292 g/mol. The molecule has 0 aromatic carbocycles. The third-order valence-electron chi connectivity index (χ3n) is 4.94. The van der Waals surface area contributed by atoms with Crippen molar-refractivity contribution in [1.29, 1.82) is 0 Å². The van der Waals surface area contributed by atoms with Crippen molar-refractivity contribution < 1.29 is 4.74 Å². The number of aryl methyl sites for hydroxylation is 1. The summed E-state index contributed by atoms with van der Waals surface area (Å²) in [6.45, 7) is 3.76. The Kier molecular flexibility index (Phi) is 4.91. The van der Waals surface area contributed by atoms with Crippen LogP contribution in [0.4, 0.5) is 0 Å². The molecule has 5 nitrogen and oxygen atoms in total. The van der Waals surface area contributed by atoms with Crippen molar-refractivity contribution in [2.75, 3.05) is 7.11 Å². The Hall–Kier alpha value is -0.940. The first-order valence-electron chi connectivity index (χ1n) is 8.47. The van der Waals surface area contributed by atoms with Gasteiger partial charge in [-0.25, -0.2) is 9.67 Å². The molecule has 0 spiro atoms. The molecular weight excluding hydrogens is 264 g/mol. The number of methoxy groups -OCH3 is 1. The summed E-state index contributed by atoms with van der Waals surface area (Å²) in [7, 11) is 1.69. The maximum absolute atomic E-state index is 5.13. The summed E-state index contributed by atoms with van der Waals surface area (Å²) in [5.74, 6) is 2.85. The van der Waals surface area contributed by atoms with E-state index in [-0.39, 0.29) is 0 Å². The smallest absolute Gasteiger partial charge is 0.176 e. The Morgan fingerprint density at radius 1 is 1.38 bits per heavy atom. The minimum absolute atomic E-state index is 0.513. The van der Waals surface area contributed by atoms with Gasteiger partial charge in [0.15, 0.2) is 5.82 Å². The van der Waals surface area contributed by atoms with Crippen molar-refractivity contribution in [2.45, 2.75) is 77.1 Å². The molecule has 0 radical (unpaired) electrons. The molecule has 1 N–H and O–H groups in total. The molecule has 1 saturated carbocycles. The first-order valence-corrected chi connectivity index (χ1v) is 8.47. The molecule has 2 aliphatic rings. The van der Waals surface area contributed by atoms with Crippen LogP contribution in [-0.4, -0.2) is 34.0 Å². The van der Waals surface area contributed by atoms with Gasteiger partial charge in [0.25, 0.3) is 0 Å². The largest absolute Gasteiger partial charge is 0.377 e. The van der Waals surface area contributed by atoms with Gasteiger partial charge in [0.05, 0.1) is 6.54 Å². The Morgan fingerprint density at radius 2 is 2.24 bits per heavy atom. The molecule has 1 aliphatic heterocycles. The second kappa shape index (κ2) is 6.88. The molecule has 2 heterocycles. The highest BCUT2D eigenvalue weighted by atomic mass is 16.5. The summed E-state index contributed by atoms with van der Waals surface area (Å²) in [4.78, 5) is 4.55. The maximum Gasteiger partial charge on any atom is 0.176 e. The van der Waals surface area contributed by atoms with Gasteiger partial charge in [-0.1, -0.05) is 19.8 Å². The van der Waals surface area contributed by atoms with E-state index in [9.17, 15) is 0 Å². The second-order valence-electron chi connectivity index (χ2n) is 6.55. The molecule has 1 fully saturated rings. The van der Waals surface area contributed by atoms with Crippen molar-refractivity contribution in [2.24, 2.45) is 5.92 Å². The number of nitrogens with one attached hydrogen (secondary N) is 1. The van der Waals surface area contributed by atoms with Crippen LogP contribution in [0.15, 0.2) is 0 Å². The summed E-state index contributed by atoms with van der Waals surface area (Å²) >= 11 is 0. The Morgan fingerprint density at radius 3 is 2.90 bits per heavy atom. The lowest BCUT2D eigenvalue weighted by molar-refractivity contribution is 0.176. The van der Waals surface area contributed by atoms with Gasteiger partial charge in [-0.15, -0.1) is 0 Å². The number of fused-ring (bicyclic) bond motifs is 1. The third-order valence-corrected chi connectivity index (χ3v) is 4.94. The number of aromatic nitrogens is 3. The van der Waals surface area contributed by atoms with Crippen molar-refractivity contribution in [1.82, 2.24) is 20.1 Å². The number of hydrogen-bond acceptors (Lipinski definition) is 4. The van der Waals surface area contributed by atoms with Gasteiger partial charge in [0, 0.05) is 25.6 Å². The highest BCUT2D eigenvalue weighted by Gasteiger charge is 2.30. The molecule has 0 amide bonds. The van der Waals surface area contributed by atoms with Crippen molar-refractivity contribution in [3.8, 4) is 0 Å². The molecule has 1 aliphatic carbocycles. The maximum atomic E-state index is 5.13. The topological polar surface area (TPSA) is 52.0 Å². The van der Waals surface area contributed by atoms with Crippen LogP contribution in [0.3, 0.4) is 0 Å². The van der Waals surface area contributed by atoms with Gasteiger partial charge in [-0.05, 0) is 31.6 Å².